The number of β-amino-alcohol motifs (C(OH)–C–C–N with tert-alkyl or cyclic N) is 1. The molecule has 1 saturated heterocycles. The Hall–Kier alpha value is -1.46. The van der Waals surface area contributed by atoms with E-state index < -0.39 is 0 Å². The van der Waals surface area contributed by atoms with Gasteiger partial charge in [-0.15, -0.1) is 0 Å². The first kappa shape index (κ1) is 12.0. The van der Waals surface area contributed by atoms with Crippen LogP contribution < -0.4 is 5.32 Å². The first-order valence-electron chi connectivity index (χ1n) is 5.84. The second kappa shape index (κ2) is 5.75. The van der Waals surface area contributed by atoms with Crippen LogP contribution in [0.3, 0.4) is 0 Å². The second-order valence-corrected chi connectivity index (χ2v) is 4.32. The summed E-state index contributed by atoms with van der Waals surface area (Å²) in [6, 6.07) is 3.51. The van der Waals surface area contributed by atoms with E-state index in [1.807, 2.05) is 4.90 Å². The fourth-order valence-electron chi connectivity index (χ4n) is 2.01. The fourth-order valence-corrected chi connectivity index (χ4v) is 2.01. The molecule has 1 aromatic rings. The molecule has 92 valence electrons. The van der Waals surface area contributed by atoms with Crippen LogP contribution in [-0.2, 0) is 4.79 Å². The minimum atomic E-state index is -0.294. The number of hydrogen-bond acceptors (Lipinski definition) is 4. The number of likely N-dealkylation sites (tertiary alicyclic amines) is 1. The Labute approximate surface area is 100 Å². The molecular formula is C12H17N3O2. The van der Waals surface area contributed by atoms with Crippen LogP contribution in [0.2, 0.25) is 0 Å². The van der Waals surface area contributed by atoms with Gasteiger partial charge in [0.1, 0.15) is 0 Å². The van der Waals surface area contributed by atoms with Crippen molar-refractivity contribution in [3.63, 3.8) is 0 Å². The summed E-state index contributed by atoms with van der Waals surface area (Å²) in [5.74, 6) is -0.0506. The lowest BCUT2D eigenvalue weighted by Gasteiger charge is -2.29. The summed E-state index contributed by atoms with van der Waals surface area (Å²) in [6.45, 7) is 1.80. The molecule has 2 N–H and O–H groups in total. The molecule has 5 heteroatoms. The Morgan fingerprint density at radius 2 is 2.29 bits per heavy atom. The van der Waals surface area contributed by atoms with Gasteiger partial charge in [-0.25, -0.2) is 0 Å². The van der Waals surface area contributed by atoms with Gasteiger partial charge < -0.3 is 10.4 Å². The van der Waals surface area contributed by atoms with Gasteiger partial charge >= 0.3 is 0 Å². The van der Waals surface area contributed by atoms with Crippen LogP contribution >= 0.6 is 0 Å². The standard InChI is InChI=1S/C12H17N3O2/c16-11-2-1-7-15(8-11)9-12(17)14-10-3-5-13-6-4-10/h3-6,11,16H,1-2,7-9H2,(H,13,14,17). The summed E-state index contributed by atoms with van der Waals surface area (Å²) in [7, 11) is 0. The van der Waals surface area contributed by atoms with E-state index in [1.54, 1.807) is 24.5 Å². The highest BCUT2D eigenvalue weighted by molar-refractivity contribution is 5.92. The molecule has 1 aliphatic rings. The van der Waals surface area contributed by atoms with Crippen molar-refractivity contribution in [1.82, 2.24) is 9.88 Å². The van der Waals surface area contributed by atoms with E-state index in [4.69, 9.17) is 0 Å². The quantitative estimate of drug-likeness (QED) is 0.799. The molecule has 1 atom stereocenters. The van der Waals surface area contributed by atoms with Crippen LogP contribution in [0.25, 0.3) is 0 Å². The van der Waals surface area contributed by atoms with Crippen molar-refractivity contribution in [3.8, 4) is 0 Å². The number of hydrogen-bond donors (Lipinski definition) is 2. The molecule has 2 rings (SSSR count). The van der Waals surface area contributed by atoms with Crippen molar-refractivity contribution in [2.75, 3.05) is 25.0 Å². The van der Waals surface area contributed by atoms with E-state index in [9.17, 15) is 9.90 Å². The van der Waals surface area contributed by atoms with Crippen molar-refractivity contribution >= 4 is 11.6 Å². The van der Waals surface area contributed by atoms with Crippen molar-refractivity contribution in [2.45, 2.75) is 18.9 Å². The highest BCUT2D eigenvalue weighted by Gasteiger charge is 2.19. The van der Waals surface area contributed by atoms with Gasteiger partial charge in [0.25, 0.3) is 0 Å². The van der Waals surface area contributed by atoms with E-state index in [0.29, 0.717) is 13.1 Å². The molecule has 0 spiro atoms. The zero-order valence-corrected chi connectivity index (χ0v) is 9.67. The molecule has 1 amide bonds. The molecule has 0 aliphatic carbocycles. The van der Waals surface area contributed by atoms with Crippen molar-refractivity contribution in [1.29, 1.82) is 0 Å². The second-order valence-electron chi connectivity index (χ2n) is 4.32. The molecule has 2 heterocycles. The van der Waals surface area contributed by atoms with Crippen molar-refractivity contribution in [3.05, 3.63) is 24.5 Å². The molecule has 1 aromatic heterocycles. The Bertz CT molecular complexity index is 369. The molecule has 1 unspecified atom stereocenters. The summed E-state index contributed by atoms with van der Waals surface area (Å²) in [5.41, 5.74) is 0.752. The summed E-state index contributed by atoms with van der Waals surface area (Å²) < 4.78 is 0. The number of anilines is 1. The van der Waals surface area contributed by atoms with E-state index >= 15 is 0 Å². The van der Waals surface area contributed by atoms with Gasteiger partial charge in [0.15, 0.2) is 0 Å². The van der Waals surface area contributed by atoms with E-state index in [2.05, 4.69) is 10.3 Å². The monoisotopic (exact) mass is 235 g/mol. The third kappa shape index (κ3) is 3.80. The lowest BCUT2D eigenvalue weighted by atomic mass is 10.1. The van der Waals surface area contributed by atoms with E-state index in [0.717, 1.165) is 25.1 Å². The zero-order valence-electron chi connectivity index (χ0n) is 9.67. The minimum absolute atomic E-state index is 0.0506. The Balaban J connectivity index is 1.81. The van der Waals surface area contributed by atoms with Gasteiger partial charge in [-0.1, -0.05) is 0 Å². The summed E-state index contributed by atoms with van der Waals surface area (Å²) in [6.07, 6.45) is 4.77. The SMILES string of the molecule is O=C(CN1CCCC(O)C1)Nc1ccncc1. The number of amides is 1. The number of nitrogens with zero attached hydrogens (tertiary/aromatic N) is 2. The number of carbonyl (C=O) groups excluding carboxylic acids is 1. The van der Waals surface area contributed by atoms with Gasteiger partial charge in [0.05, 0.1) is 12.6 Å². The maximum Gasteiger partial charge on any atom is 0.238 e. The smallest absolute Gasteiger partial charge is 0.238 e. The minimum Gasteiger partial charge on any atom is -0.392 e. The molecule has 1 fully saturated rings. The Kier molecular flexibility index (Phi) is 4.06. The number of aliphatic hydroxyl groups is 1. The predicted molar refractivity (Wildman–Crippen MR) is 64.5 cm³/mol. The number of aliphatic hydroxyl groups excluding tert-OH is 1. The van der Waals surface area contributed by atoms with Crippen LogP contribution in [0.15, 0.2) is 24.5 Å². The number of carbonyl (C=O) groups is 1. The molecule has 0 aromatic carbocycles. The summed E-state index contributed by atoms with van der Waals surface area (Å²) >= 11 is 0. The molecule has 1 aliphatic heterocycles. The van der Waals surface area contributed by atoms with E-state index in [1.165, 1.54) is 0 Å². The third-order valence-electron chi connectivity index (χ3n) is 2.81. The number of rotatable bonds is 3. The van der Waals surface area contributed by atoms with Crippen LogP contribution in [0, 0.1) is 0 Å². The maximum atomic E-state index is 11.7. The maximum absolute atomic E-state index is 11.7. The van der Waals surface area contributed by atoms with E-state index in [-0.39, 0.29) is 12.0 Å². The number of aromatic nitrogens is 1. The van der Waals surface area contributed by atoms with Gasteiger partial charge in [0.2, 0.25) is 5.91 Å². The van der Waals surface area contributed by atoms with Gasteiger partial charge in [0, 0.05) is 24.6 Å². The van der Waals surface area contributed by atoms with Gasteiger partial charge in [-0.2, -0.15) is 0 Å². The molecular weight excluding hydrogens is 218 g/mol. The van der Waals surface area contributed by atoms with Crippen LogP contribution in [-0.4, -0.2) is 46.6 Å². The average molecular weight is 235 g/mol. The molecule has 5 nitrogen and oxygen atoms in total. The predicted octanol–water partition coefficient (Wildman–Crippen LogP) is 0.477. The first-order valence-corrected chi connectivity index (χ1v) is 5.84. The highest BCUT2D eigenvalue weighted by atomic mass is 16.3. The normalized spacial score (nSPS) is 21.1. The lowest BCUT2D eigenvalue weighted by Crippen LogP contribution is -2.42. The average Bonchev–Trinajstić information content (AvgIpc) is 2.30. The number of pyridine rings is 1. The lowest BCUT2D eigenvalue weighted by molar-refractivity contribution is -0.118. The largest absolute Gasteiger partial charge is 0.392 e. The van der Waals surface area contributed by atoms with Crippen molar-refractivity contribution < 1.29 is 9.90 Å². The van der Waals surface area contributed by atoms with Gasteiger partial charge in [-0.05, 0) is 31.5 Å². The molecule has 0 saturated carbocycles. The van der Waals surface area contributed by atoms with Crippen LogP contribution in [0.1, 0.15) is 12.8 Å². The highest BCUT2D eigenvalue weighted by Crippen LogP contribution is 2.10. The zero-order chi connectivity index (χ0) is 12.1. The topological polar surface area (TPSA) is 65.5 Å². The van der Waals surface area contributed by atoms with Crippen molar-refractivity contribution in [2.24, 2.45) is 0 Å². The first-order chi connectivity index (χ1) is 8.24. The summed E-state index contributed by atoms with van der Waals surface area (Å²) in [5, 5.41) is 12.3. The van der Waals surface area contributed by atoms with Crippen LogP contribution in [0.5, 0.6) is 0 Å². The molecule has 17 heavy (non-hydrogen) atoms. The fraction of sp³-hybridized carbons (Fsp3) is 0.500. The van der Waals surface area contributed by atoms with Crippen LogP contribution in [0.4, 0.5) is 5.69 Å². The molecule has 0 bridgehead atoms. The Morgan fingerprint density at radius 1 is 1.53 bits per heavy atom. The number of nitrogens with one attached hydrogen (secondary N) is 1. The van der Waals surface area contributed by atoms with Gasteiger partial charge in [-0.3, -0.25) is 14.7 Å². The summed E-state index contributed by atoms with van der Waals surface area (Å²) in [4.78, 5) is 17.6. The Morgan fingerprint density at radius 3 is 3.00 bits per heavy atom. The number of piperidine rings is 1. The third-order valence-corrected chi connectivity index (χ3v) is 2.81. The molecule has 0 radical (unpaired) electrons.